The number of hydrogen-bond acceptors (Lipinski definition) is 5. The smallest absolute Gasteiger partial charge is 0.277 e. The zero-order valence-corrected chi connectivity index (χ0v) is 12.5. The molecule has 0 saturated heterocycles. The maximum absolute atomic E-state index is 12.5. The Morgan fingerprint density at radius 3 is 2.86 bits per heavy atom. The molecule has 4 aromatic rings. The van der Waals surface area contributed by atoms with Crippen LogP contribution >= 0.6 is 22.9 Å². The van der Waals surface area contributed by atoms with Crippen molar-refractivity contribution in [1.82, 2.24) is 9.38 Å². The van der Waals surface area contributed by atoms with E-state index >= 15 is 0 Å². The lowest BCUT2D eigenvalue weighted by molar-refractivity contribution is 0.556. The minimum absolute atomic E-state index is 0.324. The topological polar surface area (TPSA) is 64.6 Å². The van der Waals surface area contributed by atoms with Gasteiger partial charge < -0.3 is 4.42 Å². The molecule has 0 saturated carbocycles. The molecule has 0 spiro atoms. The van der Waals surface area contributed by atoms with Gasteiger partial charge in [0, 0.05) is 11.1 Å². The second kappa shape index (κ2) is 4.79. The van der Waals surface area contributed by atoms with Crippen LogP contribution in [0.15, 0.2) is 50.6 Å². The molecule has 0 fully saturated rings. The standard InChI is InChI=1S/C15H7ClN2O3S/c16-8-3-4-11-10(6-8)13(19)18-14(20)12(22-15(18)17-11)7-9-2-1-5-21-9/h1-7H/b12-7+. The van der Waals surface area contributed by atoms with Gasteiger partial charge in [-0.2, -0.15) is 0 Å². The van der Waals surface area contributed by atoms with E-state index in [2.05, 4.69) is 4.98 Å². The van der Waals surface area contributed by atoms with Crippen LogP contribution in [0.25, 0.3) is 21.9 Å². The quantitative estimate of drug-likeness (QED) is 0.536. The van der Waals surface area contributed by atoms with Gasteiger partial charge in [0.25, 0.3) is 11.1 Å². The fourth-order valence-corrected chi connectivity index (χ4v) is 3.35. The Morgan fingerprint density at radius 2 is 2.09 bits per heavy atom. The van der Waals surface area contributed by atoms with Crippen molar-refractivity contribution in [2.75, 3.05) is 0 Å². The van der Waals surface area contributed by atoms with Crippen molar-refractivity contribution in [2.45, 2.75) is 0 Å². The van der Waals surface area contributed by atoms with Crippen LogP contribution in [0.1, 0.15) is 5.76 Å². The summed E-state index contributed by atoms with van der Waals surface area (Å²) in [6.45, 7) is 0. The van der Waals surface area contributed by atoms with Crippen molar-refractivity contribution >= 4 is 44.9 Å². The largest absolute Gasteiger partial charge is 0.465 e. The highest BCUT2D eigenvalue weighted by Crippen LogP contribution is 2.15. The summed E-state index contributed by atoms with van der Waals surface area (Å²) in [4.78, 5) is 29.7. The number of rotatable bonds is 1. The summed E-state index contributed by atoms with van der Waals surface area (Å²) in [5, 5.41) is 0.751. The van der Waals surface area contributed by atoms with Crippen molar-refractivity contribution in [3.05, 3.63) is 72.6 Å². The number of hydrogen-bond donors (Lipinski definition) is 0. The third-order valence-corrected chi connectivity index (χ3v) is 4.44. The minimum atomic E-state index is -0.414. The summed E-state index contributed by atoms with van der Waals surface area (Å²) in [5.74, 6) is 0.546. The number of aromatic nitrogens is 2. The SMILES string of the molecule is O=c1/c(=C\c2ccco2)sc2nc3ccc(Cl)cc3c(=O)n12. The molecule has 0 aliphatic heterocycles. The molecule has 108 valence electrons. The van der Waals surface area contributed by atoms with Gasteiger partial charge in [-0.1, -0.05) is 22.9 Å². The van der Waals surface area contributed by atoms with Gasteiger partial charge >= 0.3 is 0 Å². The molecule has 0 N–H and O–H groups in total. The van der Waals surface area contributed by atoms with Crippen molar-refractivity contribution in [3.8, 4) is 0 Å². The molecule has 3 heterocycles. The molecule has 0 aliphatic carbocycles. The average molecular weight is 331 g/mol. The molecular formula is C15H7ClN2O3S. The normalized spacial score (nSPS) is 12.5. The van der Waals surface area contributed by atoms with Gasteiger partial charge in [0.2, 0.25) is 4.96 Å². The molecule has 0 bridgehead atoms. The highest BCUT2D eigenvalue weighted by atomic mass is 35.5. The predicted molar refractivity (Wildman–Crippen MR) is 85.6 cm³/mol. The van der Waals surface area contributed by atoms with Crippen LogP contribution in [0.3, 0.4) is 0 Å². The Labute approximate surface area is 131 Å². The first-order chi connectivity index (χ1) is 10.6. The molecule has 5 nitrogen and oxygen atoms in total. The molecule has 22 heavy (non-hydrogen) atoms. The molecule has 0 atom stereocenters. The number of furan rings is 1. The number of fused-ring (bicyclic) bond motifs is 2. The highest BCUT2D eigenvalue weighted by molar-refractivity contribution is 7.15. The highest BCUT2D eigenvalue weighted by Gasteiger charge is 2.12. The van der Waals surface area contributed by atoms with E-state index in [1.54, 1.807) is 30.3 Å². The molecule has 0 amide bonds. The van der Waals surface area contributed by atoms with Gasteiger partial charge in [-0.25, -0.2) is 9.38 Å². The van der Waals surface area contributed by atoms with Crippen LogP contribution in [0.4, 0.5) is 0 Å². The van der Waals surface area contributed by atoms with E-state index in [0.717, 1.165) is 15.7 Å². The van der Waals surface area contributed by atoms with Crippen LogP contribution in [-0.2, 0) is 0 Å². The van der Waals surface area contributed by atoms with E-state index in [0.29, 0.717) is 31.2 Å². The van der Waals surface area contributed by atoms with Gasteiger partial charge in [-0.15, -0.1) is 0 Å². The molecule has 0 unspecified atom stereocenters. The van der Waals surface area contributed by atoms with Crippen LogP contribution in [0.2, 0.25) is 5.02 Å². The van der Waals surface area contributed by atoms with Gasteiger partial charge in [0.1, 0.15) is 10.3 Å². The maximum atomic E-state index is 12.5. The first-order valence-electron chi connectivity index (χ1n) is 6.33. The Morgan fingerprint density at radius 1 is 1.23 bits per heavy atom. The predicted octanol–water partition coefficient (Wildman–Crippen LogP) is 2.06. The Balaban J connectivity index is 2.15. The van der Waals surface area contributed by atoms with Gasteiger partial charge in [0.05, 0.1) is 17.2 Å². The number of halogens is 1. The number of thiazole rings is 1. The summed E-state index contributed by atoms with van der Waals surface area (Å²) in [6.07, 6.45) is 3.11. The van der Waals surface area contributed by atoms with Crippen molar-refractivity contribution in [2.24, 2.45) is 0 Å². The van der Waals surface area contributed by atoms with E-state index in [1.165, 1.54) is 12.3 Å². The van der Waals surface area contributed by atoms with Crippen LogP contribution in [0.5, 0.6) is 0 Å². The van der Waals surface area contributed by atoms with E-state index < -0.39 is 11.1 Å². The van der Waals surface area contributed by atoms with E-state index in [1.807, 2.05) is 0 Å². The van der Waals surface area contributed by atoms with Crippen LogP contribution < -0.4 is 15.7 Å². The Kier molecular flexibility index (Phi) is 2.88. The third-order valence-electron chi connectivity index (χ3n) is 3.23. The van der Waals surface area contributed by atoms with Crippen LogP contribution in [-0.4, -0.2) is 9.38 Å². The van der Waals surface area contributed by atoms with Crippen molar-refractivity contribution < 1.29 is 4.42 Å². The summed E-state index contributed by atoms with van der Waals surface area (Å²) < 4.78 is 6.66. The van der Waals surface area contributed by atoms with E-state index in [4.69, 9.17) is 16.0 Å². The van der Waals surface area contributed by atoms with E-state index in [9.17, 15) is 9.59 Å². The zero-order valence-electron chi connectivity index (χ0n) is 10.9. The first kappa shape index (κ1) is 13.2. The molecule has 0 radical (unpaired) electrons. The van der Waals surface area contributed by atoms with E-state index in [-0.39, 0.29) is 0 Å². The monoisotopic (exact) mass is 330 g/mol. The third kappa shape index (κ3) is 1.96. The second-order valence-electron chi connectivity index (χ2n) is 4.63. The summed E-state index contributed by atoms with van der Waals surface area (Å²) in [5.41, 5.74) is -0.307. The fourth-order valence-electron chi connectivity index (χ4n) is 2.23. The lowest BCUT2D eigenvalue weighted by atomic mass is 10.2. The second-order valence-corrected chi connectivity index (χ2v) is 6.07. The molecule has 0 aliphatic rings. The van der Waals surface area contributed by atoms with Gasteiger partial charge in [0.15, 0.2) is 0 Å². The van der Waals surface area contributed by atoms with Gasteiger partial charge in [-0.05, 0) is 30.3 Å². The lowest BCUT2D eigenvalue weighted by Gasteiger charge is -1.97. The molecule has 7 heteroatoms. The molecule has 3 aromatic heterocycles. The van der Waals surface area contributed by atoms with Crippen molar-refractivity contribution in [1.29, 1.82) is 0 Å². The fraction of sp³-hybridized carbons (Fsp3) is 0. The number of benzene rings is 1. The minimum Gasteiger partial charge on any atom is -0.465 e. The van der Waals surface area contributed by atoms with Crippen molar-refractivity contribution in [3.63, 3.8) is 0 Å². The number of nitrogens with zero attached hydrogens (tertiary/aromatic N) is 2. The lowest BCUT2D eigenvalue weighted by Crippen LogP contribution is -2.31. The Hall–Kier alpha value is -2.44. The summed E-state index contributed by atoms with van der Waals surface area (Å²) in [7, 11) is 0. The molecule has 1 aromatic carbocycles. The first-order valence-corrected chi connectivity index (χ1v) is 7.53. The Bertz CT molecular complexity index is 1180. The zero-order chi connectivity index (χ0) is 15.3. The molecular weight excluding hydrogens is 324 g/mol. The maximum Gasteiger partial charge on any atom is 0.277 e. The average Bonchev–Trinajstić information content (AvgIpc) is 3.10. The molecule has 4 rings (SSSR count). The summed E-state index contributed by atoms with van der Waals surface area (Å²) in [6, 6.07) is 8.31. The van der Waals surface area contributed by atoms with Crippen LogP contribution in [0, 0.1) is 0 Å². The van der Waals surface area contributed by atoms with Gasteiger partial charge in [-0.3, -0.25) is 9.59 Å². The summed E-state index contributed by atoms with van der Waals surface area (Å²) >= 11 is 7.06.